The fourth-order valence-electron chi connectivity index (χ4n) is 8.79. The highest BCUT2D eigenvalue weighted by molar-refractivity contribution is 14.1. The molecule has 2 saturated heterocycles. The van der Waals surface area contributed by atoms with Crippen LogP contribution in [0.1, 0.15) is 71.6 Å². The molecule has 0 aromatic heterocycles. The van der Waals surface area contributed by atoms with Crippen LogP contribution in [0.15, 0.2) is 11.8 Å². The Balaban J connectivity index is 1.38. The first-order chi connectivity index (χ1) is 14.0. The van der Waals surface area contributed by atoms with Crippen LogP contribution >= 0.6 is 23.0 Å². The van der Waals surface area contributed by atoms with Crippen molar-refractivity contribution in [1.82, 2.24) is 0 Å². The average molecular weight is 514 g/mol. The summed E-state index contributed by atoms with van der Waals surface area (Å²) in [4.78, 5) is 0. The van der Waals surface area contributed by atoms with Gasteiger partial charge in [-0.2, -0.15) is 0 Å². The van der Waals surface area contributed by atoms with E-state index < -0.39 is 0 Å². The third kappa shape index (κ3) is 2.53. The summed E-state index contributed by atoms with van der Waals surface area (Å²) >= 11 is 2.14. The number of rotatable bonds is 1. The smallest absolute Gasteiger partial charge is 0.192 e. The fourth-order valence-corrected chi connectivity index (χ4v) is 9.23. The Hall–Kier alpha value is 0.150. The van der Waals surface area contributed by atoms with Crippen molar-refractivity contribution in [1.29, 1.82) is 0 Å². The minimum atomic E-state index is -0.342. The highest BCUT2D eigenvalue weighted by atomic mass is 127. The number of ether oxygens (including phenoxy) is 3. The molecule has 29 heavy (non-hydrogen) atoms. The molecule has 4 aliphatic carbocycles. The van der Waals surface area contributed by atoms with E-state index in [0.29, 0.717) is 29.1 Å². The van der Waals surface area contributed by atoms with Crippen molar-refractivity contribution in [3.05, 3.63) is 11.8 Å². The molecular formula is C24H35IO4. The molecule has 0 bridgehead atoms. The van der Waals surface area contributed by atoms with Gasteiger partial charge in [0.15, 0.2) is 28.8 Å². The van der Waals surface area contributed by atoms with Crippen LogP contribution in [-0.4, -0.2) is 31.2 Å². The summed E-state index contributed by atoms with van der Waals surface area (Å²) in [5, 5.41) is 0. The zero-order chi connectivity index (χ0) is 19.9. The molecule has 6 rings (SSSR count). The largest absolute Gasteiger partial charge is 0.432 e. The van der Waals surface area contributed by atoms with Gasteiger partial charge in [-0.3, -0.25) is 0 Å². The predicted octanol–water partition coefficient (Wildman–Crippen LogP) is 5.79. The lowest BCUT2D eigenvalue weighted by Crippen LogP contribution is -2.58. The van der Waals surface area contributed by atoms with Gasteiger partial charge in [0.05, 0.1) is 18.8 Å². The van der Waals surface area contributed by atoms with Crippen molar-refractivity contribution in [3.8, 4) is 0 Å². The van der Waals surface area contributed by atoms with Crippen molar-refractivity contribution in [2.24, 2.45) is 34.5 Å². The minimum Gasteiger partial charge on any atom is -0.432 e. The van der Waals surface area contributed by atoms with E-state index >= 15 is 0 Å². The average Bonchev–Trinajstić information content (AvgIpc) is 3.44. The lowest BCUT2D eigenvalue weighted by atomic mass is 9.45. The molecule has 2 heterocycles. The van der Waals surface area contributed by atoms with Crippen molar-refractivity contribution >= 4 is 23.0 Å². The van der Waals surface area contributed by atoms with Crippen LogP contribution < -0.4 is 0 Å². The van der Waals surface area contributed by atoms with Gasteiger partial charge in [0, 0.05) is 24.4 Å². The van der Waals surface area contributed by atoms with E-state index in [1.54, 1.807) is 0 Å². The molecule has 5 unspecified atom stereocenters. The molecule has 0 N–H and O–H groups in total. The molecule has 0 amide bonds. The third-order valence-electron chi connectivity index (χ3n) is 10.4. The van der Waals surface area contributed by atoms with Gasteiger partial charge in [-0.25, -0.2) is 0 Å². The molecule has 5 fully saturated rings. The first-order valence-electron chi connectivity index (χ1n) is 11.9. The molecule has 162 valence electrons. The first kappa shape index (κ1) is 19.8. The number of fused-ring (bicyclic) bond motifs is 6. The van der Waals surface area contributed by atoms with E-state index in [1.807, 2.05) is 0 Å². The zero-order valence-electron chi connectivity index (χ0n) is 17.9. The van der Waals surface area contributed by atoms with Crippen molar-refractivity contribution in [2.75, 3.05) is 19.8 Å². The second-order valence-corrected chi connectivity index (χ2v) is 11.7. The Morgan fingerprint density at radius 1 is 0.931 bits per heavy atom. The molecule has 0 aromatic carbocycles. The molecule has 6 aliphatic rings. The van der Waals surface area contributed by atoms with Crippen LogP contribution in [0.5, 0.6) is 0 Å². The van der Waals surface area contributed by atoms with Crippen molar-refractivity contribution in [2.45, 2.75) is 83.0 Å². The molecular weight excluding hydrogens is 479 g/mol. The Bertz CT molecular complexity index is 710. The summed E-state index contributed by atoms with van der Waals surface area (Å²) in [7, 11) is 0. The number of hydrogen-bond donors (Lipinski definition) is 0. The zero-order valence-corrected chi connectivity index (χ0v) is 20.0. The molecule has 5 heteroatoms. The molecule has 2 aliphatic heterocycles. The molecule has 0 radical (unpaired) electrons. The van der Waals surface area contributed by atoms with Gasteiger partial charge >= 0.3 is 0 Å². The van der Waals surface area contributed by atoms with E-state index in [4.69, 9.17) is 17.3 Å². The van der Waals surface area contributed by atoms with Gasteiger partial charge < -0.3 is 17.3 Å². The summed E-state index contributed by atoms with van der Waals surface area (Å²) in [6.07, 6.45) is 13.5. The molecule has 3 saturated carbocycles. The third-order valence-corrected chi connectivity index (χ3v) is 11.0. The maximum Gasteiger partial charge on any atom is 0.192 e. The van der Waals surface area contributed by atoms with E-state index in [0.717, 1.165) is 26.2 Å². The normalized spacial score (nSPS) is 52.9. The lowest BCUT2D eigenvalue weighted by molar-refractivity contribution is -0.244. The second kappa shape index (κ2) is 6.58. The highest BCUT2D eigenvalue weighted by Crippen LogP contribution is 2.70. The van der Waals surface area contributed by atoms with Gasteiger partial charge in [0.1, 0.15) is 5.76 Å². The monoisotopic (exact) mass is 514 g/mol. The van der Waals surface area contributed by atoms with Crippen LogP contribution in [-0.2, 0) is 17.3 Å². The summed E-state index contributed by atoms with van der Waals surface area (Å²) in [6.45, 7) is 7.51. The SMILES string of the molecule is C[C@]12CCC3(CCCO3)CC1C=C(OI)C1C2CC[C@@]2(C)C1CCC21OCCO1. The summed E-state index contributed by atoms with van der Waals surface area (Å²) < 4.78 is 25.1. The molecule has 0 aromatic rings. The standard InChI is InChI=1S/C24H35IO4/c1-21-9-10-23(6-3-11-26-23)15-16(21)14-19(29-25)20-17(21)4-7-22(2)18(20)5-8-24(22)27-12-13-28-24/h14,16-18,20H,3-13,15H2,1-2H3/t16?,17?,18?,20?,21-,22-,23?/m0/s1. The van der Waals surface area contributed by atoms with Gasteiger partial charge in [-0.1, -0.05) is 13.8 Å². The Labute approximate surface area is 189 Å². The van der Waals surface area contributed by atoms with E-state index in [9.17, 15) is 0 Å². The topological polar surface area (TPSA) is 36.9 Å². The van der Waals surface area contributed by atoms with Gasteiger partial charge in [0.2, 0.25) is 0 Å². The summed E-state index contributed by atoms with van der Waals surface area (Å²) in [6, 6.07) is 0. The minimum absolute atomic E-state index is 0.104. The Morgan fingerprint density at radius 2 is 1.72 bits per heavy atom. The van der Waals surface area contributed by atoms with Crippen LogP contribution in [0.3, 0.4) is 0 Å². The van der Waals surface area contributed by atoms with E-state index in [1.165, 1.54) is 57.1 Å². The van der Waals surface area contributed by atoms with Crippen LogP contribution in [0, 0.1) is 34.5 Å². The van der Waals surface area contributed by atoms with E-state index in [2.05, 4.69) is 42.9 Å². The van der Waals surface area contributed by atoms with Gasteiger partial charge in [-0.15, -0.1) is 0 Å². The van der Waals surface area contributed by atoms with Crippen LogP contribution in [0.4, 0.5) is 0 Å². The van der Waals surface area contributed by atoms with Crippen LogP contribution in [0.2, 0.25) is 0 Å². The Kier molecular flexibility index (Phi) is 4.50. The molecule has 7 atom stereocenters. The van der Waals surface area contributed by atoms with Crippen LogP contribution in [0.25, 0.3) is 0 Å². The van der Waals surface area contributed by atoms with Gasteiger partial charge in [-0.05, 0) is 80.6 Å². The van der Waals surface area contributed by atoms with Gasteiger partial charge in [0.25, 0.3) is 0 Å². The second-order valence-electron chi connectivity index (χ2n) is 11.3. The maximum absolute atomic E-state index is 6.32. The predicted molar refractivity (Wildman–Crippen MR) is 118 cm³/mol. The summed E-state index contributed by atoms with van der Waals surface area (Å²) in [5.41, 5.74) is 0.623. The number of halogens is 1. The molecule has 2 spiro atoms. The maximum atomic E-state index is 6.32. The first-order valence-corrected chi connectivity index (χ1v) is 12.8. The Morgan fingerprint density at radius 3 is 2.45 bits per heavy atom. The quantitative estimate of drug-likeness (QED) is 0.415. The highest BCUT2D eigenvalue weighted by Gasteiger charge is 2.68. The van der Waals surface area contributed by atoms with Crippen molar-refractivity contribution in [3.63, 3.8) is 0 Å². The lowest BCUT2D eigenvalue weighted by Gasteiger charge is -2.61. The number of allylic oxidation sites excluding steroid dienone is 2. The van der Waals surface area contributed by atoms with E-state index in [-0.39, 0.29) is 16.8 Å². The van der Waals surface area contributed by atoms with Crippen molar-refractivity contribution < 1.29 is 17.3 Å². The fraction of sp³-hybridized carbons (Fsp3) is 0.917. The molecule has 4 nitrogen and oxygen atoms in total. The number of hydrogen-bond acceptors (Lipinski definition) is 4. The summed E-state index contributed by atoms with van der Waals surface area (Å²) in [5.74, 6) is 3.30.